The van der Waals surface area contributed by atoms with E-state index in [2.05, 4.69) is 48.5 Å². The Morgan fingerprint density at radius 2 is 1.57 bits per heavy atom. The van der Waals surface area contributed by atoms with Crippen molar-refractivity contribution in [1.82, 2.24) is 0 Å². The van der Waals surface area contributed by atoms with Gasteiger partial charge in [-0.05, 0) is 86.0 Å². The van der Waals surface area contributed by atoms with Crippen molar-refractivity contribution in [3.63, 3.8) is 0 Å². The Balaban J connectivity index is 1.49. The van der Waals surface area contributed by atoms with Crippen molar-refractivity contribution < 1.29 is 23.9 Å². The van der Waals surface area contributed by atoms with Crippen LogP contribution in [0.3, 0.4) is 0 Å². The van der Waals surface area contributed by atoms with Crippen molar-refractivity contribution in [1.29, 1.82) is 0 Å². The third-order valence-corrected chi connectivity index (χ3v) is 13.4. The van der Waals surface area contributed by atoms with Gasteiger partial charge in [-0.1, -0.05) is 54.0 Å². The molecule has 0 radical (unpaired) electrons. The lowest BCUT2D eigenvalue weighted by Gasteiger charge is -2.70. The third kappa shape index (κ3) is 2.75. The molecule has 1 heterocycles. The monoisotopic (exact) mass is 510 g/mol. The lowest BCUT2D eigenvalue weighted by Crippen LogP contribution is -2.71. The molecule has 5 nitrogen and oxygen atoms in total. The first kappa shape index (κ1) is 25.6. The van der Waals surface area contributed by atoms with Gasteiger partial charge in [0.1, 0.15) is 6.10 Å². The van der Waals surface area contributed by atoms with E-state index in [9.17, 15) is 14.4 Å². The van der Waals surface area contributed by atoms with Gasteiger partial charge in [0.05, 0.1) is 5.41 Å². The zero-order chi connectivity index (χ0) is 27.0. The smallest absolute Gasteiger partial charge is 0.313 e. The first-order valence-corrected chi connectivity index (χ1v) is 14.7. The highest BCUT2D eigenvalue weighted by atomic mass is 16.6. The molecular weight excluding hydrogens is 464 g/mol. The highest BCUT2D eigenvalue weighted by molar-refractivity contribution is 6.05. The molecule has 1 aliphatic heterocycles. The van der Waals surface area contributed by atoms with Crippen LogP contribution in [-0.2, 0) is 23.9 Å². The number of carbonyl (C=O) groups excluding carboxylic acids is 3. The number of ether oxygens (including phenoxy) is 2. The first-order chi connectivity index (χ1) is 17.0. The van der Waals surface area contributed by atoms with E-state index in [-0.39, 0.29) is 51.4 Å². The molecule has 1 spiro atoms. The maximum absolute atomic E-state index is 14.6. The number of rotatable bonds is 1. The second kappa shape index (κ2) is 7.10. The molecule has 0 aromatic rings. The van der Waals surface area contributed by atoms with Gasteiger partial charge in [0.2, 0.25) is 0 Å². The second-order valence-electron chi connectivity index (χ2n) is 15.8. The molecule has 0 amide bonds. The van der Waals surface area contributed by atoms with E-state index in [4.69, 9.17) is 9.47 Å². The van der Waals surface area contributed by atoms with Gasteiger partial charge in [0, 0.05) is 23.7 Å². The highest BCUT2D eigenvalue weighted by Gasteiger charge is 2.82. The van der Waals surface area contributed by atoms with Crippen molar-refractivity contribution in [3.8, 4) is 0 Å². The SMILES string of the molecule is CC(=O)O[C@H]1CC[C@]2(C)C3=CC(=O)[C@]45OC(=O)[C@@]6(CCC(C)(C)C[C@H]64)CC[C@@]5(C)[C@]3(C)CC[C@H]2C1(C)C. The van der Waals surface area contributed by atoms with Crippen LogP contribution in [0.2, 0.25) is 0 Å². The molecule has 5 fully saturated rings. The van der Waals surface area contributed by atoms with Crippen LogP contribution in [0.4, 0.5) is 0 Å². The summed E-state index contributed by atoms with van der Waals surface area (Å²) in [6.45, 7) is 17.6. The van der Waals surface area contributed by atoms with Crippen LogP contribution in [0.5, 0.6) is 0 Å². The van der Waals surface area contributed by atoms with E-state index < -0.39 is 16.4 Å². The van der Waals surface area contributed by atoms with Crippen molar-refractivity contribution in [2.45, 2.75) is 125 Å². The van der Waals surface area contributed by atoms with E-state index in [0.717, 1.165) is 57.8 Å². The maximum atomic E-state index is 14.6. The Morgan fingerprint density at radius 3 is 2.24 bits per heavy atom. The van der Waals surface area contributed by atoms with Crippen LogP contribution in [0.25, 0.3) is 0 Å². The molecule has 1 saturated heterocycles. The molecule has 2 bridgehead atoms. The fraction of sp³-hybridized carbons (Fsp3) is 0.844. The van der Waals surface area contributed by atoms with Gasteiger partial charge < -0.3 is 9.47 Å². The molecule has 0 unspecified atom stereocenters. The summed E-state index contributed by atoms with van der Waals surface area (Å²) in [5, 5.41) is 0. The number of hydrogen-bond acceptors (Lipinski definition) is 5. The molecule has 0 N–H and O–H groups in total. The third-order valence-electron chi connectivity index (χ3n) is 13.4. The standard InChI is InChI=1S/C32H46O5/c1-19(33)36-24-10-11-28(6)20(27(24,4)5)9-12-29(7)21(28)17-23(34)32-22-18-26(2,3)13-15-31(22,25(35)37-32)16-14-30(29,32)8/h17,20,22,24H,9-16,18H2,1-8H3/t20-,22+,24-,28-,29+,30-,31-,32+/m0/s1. The fourth-order valence-electron chi connectivity index (χ4n) is 11.2. The Labute approximate surface area is 222 Å². The molecule has 5 heteroatoms. The van der Waals surface area contributed by atoms with Gasteiger partial charge in [-0.2, -0.15) is 0 Å². The Morgan fingerprint density at radius 1 is 0.892 bits per heavy atom. The van der Waals surface area contributed by atoms with E-state index in [1.165, 1.54) is 12.5 Å². The largest absolute Gasteiger partial charge is 0.462 e. The summed E-state index contributed by atoms with van der Waals surface area (Å²) in [5.74, 6) is -0.00702. The van der Waals surface area contributed by atoms with Gasteiger partial charge in [0.25, 0.3) is 0 Å². The van der Waals surface area contributed by atoms with Gasteiger partial charge in [0.15, 0.2) is 11.4 Å². The summed E-state index contributed by atoms with van der Waals surface area (Å²) in [6.07, 6.45) is 9.95. The molecule has 204 valence electrons. The van der Waals surface area contributed by atoms with Crippen molar-refractivity contribution in [3.05, 3.63) is 11.6 Å². The molecule has 0 aromatic carbocycles. The number of ketones is 1. The lowest BCUT2D eigenvalue weighted by molar-refractivity contribution is -0.214. The Hall–Kier alpha value is -1.65. The van der Waals surface area contributed by atoms with Crippen LogP contribution in [0, 0.1) is 44.3 Å². The van der Waals surface area contributed by atoms with Gasteiger partial charge in [-0.3, -0.25) is 14.4 Å². The molecular formula is C32H46O5. The average molecular weight is 511 g/mol. The van der Waals surface area contributed by atoms with Gasteiger partial charge in [-0.15, -0.1) is 0 Å². The number of allylic oxidation sites excluding steroid dienone is 1. The zero-order valence-corrected chi connectivity index (χ0v) is 24.2. The van der Waals surface area contributed by atoms with Gasteiger partial charge >= 0.3 is 11.9 Å². The minimum absolute atomic E-state index is 0.0428. The van der Waals surface area contributed by atoms with E-state index in [1.54, 1.807) is 0 Å². The Bertz CT molecular complexity index is 1130. The van der Waals surface area contributed by atoms with E-state index in [1.807, 2.05) is 6.08 Å². The summed E-state index contributed by atoms with van der Waals surface area (Å²) >= 11 is 0. The van der Waals surface area contributed by atoms with E-state index in [0.29, 0.717) is 5.92 Å². The van der Waals surface area contributed by atoms with Crippen LogP contribution >= 0.6 is 0 Å². The second-order valence-corrected chi connectivity index (χ2v) is 15.8. The molecule has 0 aromatic heterocycles. The van der Waals surface area contributed by atoms with Gasteiger partial charge in [-0.25, -0.2) is 0 Å². The lowest BCUT2D eigenvalue weighted by atomic mass is 9.33. The fourth-order valence-corrected chi connectivity index (χ4v) is 11.2. The van der Waals surface area contributed by atoms with Crippen LogP contribution in [0.1, 0.15) is 113 Å². The quantitative estimate of drug-likeness (QED) is 0.373. The number of esters is 2. The number of hydrogen-bond donors (Lipinski definition) is 0. The van der Waals surface area contributed by atoms with Crippen LogP contribution in [-0.4, -0.2) is 29.4 Å². The molecule has 8 atom stereocenters. The van der Waals surface area contributed by atoms with Crippen LogP contribution < -0.4 is 0 Å². The summed E-state index contributed by atoms with van der Waals surface area (Å²) in [5.41, 5.74) is -1.17. The maximum Gasteiger partial charge on any atom is 0.313 e. The molecule has 37 heavy (non-hydrogen) atoms. The van der Waals surface area contributed by atoms with Crippen LogP contribution in [0.15, 0.2) is 11.6 Å². The van der Waals surface area contributed by atoms with Crippen molar-refractivity contribution in [2.75, 3.05) is 0 Å². The summed E-state index contributed by atoms with van der Waals surface area (Å²) in [4.78, 5) is 40.2. The molecule has 6 aliphatic rings. The predicted octanol–water partition coefficient (Wildman–Crippen LogP) is 6.58. The zero-order valence-electron chi connectivity index (χ0n) is 24.2. The van der Waals surface area contributed by atoms with Crippen molar-refractivity contribution in [2.24, 2.45) is 44.3 Å². The minimum atomic E-state index is -1.05. The predicted molar refractivity (Wildman–Crippen MR) is 140 cm³/mol. The Kier molecular flexibility index (Phi) is 4.92. The molecule has 6 rings (SSSR count). The number of fused-ring (bicyclic) bond motifs is 4. The molecule has 5 aliphatic carbocycles. The highest BCUT2D eigenvalue weighted by Crippen LogP contribution is 2.79. The van der Waals surface area contributed by atoms with E-state index >= 15 is 0 Å². The summed E-state index contributed by atoms with van der Waals surface area (Å²) in [7, 11) is 0. The van der Waals surface area contributed by atoms with Crippen molar-refractivity contribution >= 4 is 17.7 Å². The summed E-state index contributed by atoms with van der Waals surface area (Å²) in [6, 6.07) is 0. The minimum Gasteiger partial charge on any atom is -0.462 e. The topological polar surface area (TPSA) is 69.7 Å². The molecule has 4 saturated carbocycles. The normalized spacial score (nSPS) is 51.0. The number of carbonyl (C=O) groups is 3. The first-order valence-electron chi connectivity index (χ1n) is 14.7. The average Bonchev–Trinajstić information content (AvgIpc) is 2.97. The summed E-state index contributed by atoms with van der Waals surface area (Å²) < 4.78 is 12.4.